The van der Waals surface area contributed by atoms with Gasteiger partial charge in [0.05, 0.1) is 0 Å². The zero-order chi connectivity index (χ0) is 31.4. The summed E-state index contributed by atoms with van der Waals surface area (Å²) in [4.78, 5) is 0. The van der Waals surface area contributed by atoms with E-state index in [4.69, 9.17) is 0 Å². The minimum atomic E-state index is -2.78. The predicted molar refractivity (Wildman–Crippen MR) is 188 cm³/mol. The van der Waals surface area contributed by atoms with Crippen LogP contribution in [0.2, 0.25) is 0 Å². The first-order chi connectivity index (χ1) is 20.7. The zero-order valence-electron chi connectivity index (χ0n) is 29.0. The van der Waals surface area contributed by atoms with Crippen molar-refractivity contribution in [3.05, 3.63) is 145 Å². The molecule has 0 fully saturated rings. The third-order valence-corrected chi connectivity index (χ3v) is 17.0. The van der Waals surface area contributed by atoms with Crippen molar-refractivity contribution in [3.63, 3.8) is 0 Å². The summed E-state index contributed by atoms with van der Waals surface area (Å²) in [6, 6.07) is 35.1. The summed E-state index contributed by atoms with van der Waals surface area (Å²) in [5, 5.41) is 0. The normalized spacial score (nSPS) is 13.7. The van der Waals surface area contributed by atoms with E-state index >= 15 is 0 Å². The molecule has 0 nitrogen and oxygen atoms in total. The van der Waals surface area contributed by atoms with Crippen LogP contribution in [0.4, 0.5) is 0 Å². The molecule has 0 radical (unpaired) electrons. The van der Waals surface area contributed by atoms with Crippen molar-refractivity contribution in [1.82, 2.24) is 0 Å². The molecular formula is C43H48Cl2Zr. The van der Waals surface area contributed by atoms with Crippen LogP contribution in [0.15, 0.2) is 112 Å². The third kappa shape index (κ3) is 7.23. The molecule has 0 heterocycles. The molecule has 0 aliphatic heterocycles. The van der Waals surface area contributed by atoms with Crippen LogP contribution in [-0.2, 0) is 38.5 Å². The molecule has 0 aromatic heterocycles. The van der Waals surface area contributed by atoms with Gasteiger partial charge < -0.3 is 24.8 Å². The average Bonchev–Trinajstić information content (AvgIpc) is 3.61. The van der Waals surface area contributed by atoms with E-state index in [0.717, 1.165) is 12.8 Å². The number of fused-ring (bicyclic) bond motifs is 3. The maximum atomic E-state index is 2.66. The Bertz CT molecular complexity index is 1780. The van der Waals surface area contributed by atoms with Crippen molar-refractivity contribution in [1.29, 1.82) is 0 Å². The van der Waals surface area contributed by atoms with Crippen LogP contribution in [0.1, 0.15) is 102 Å². The molecule has 238 valence electrons. The minimum absolute atomic E-state index is 0. The van der Waals surface area contributed by atoms with Gasteiger partial charge in [0.25, 0.3) is 0 Å². The second-order valence-corrected chi connectivity index (χ2v) is 21.8. The predicted octanol–water partition coefficient (Wildman–Crippen LogP) is 4.63. The van der Waals surface area contributed by atoms with E-state index in [9.17, 15) is 0 Å². The summed E-state index contributed by atoms with van der Waals surface area (Å²) in [5.41, 5.74) is 13.5. The quantitative estimate of drug-likeness (QED) is 0.254. The van der Waals surface area contributed by atoms with Crippen LogP contribution in [0.25, 0.3) is 11.1 Å². The Morgan fingerprint density at radius 3 is 1.63 bits per heavy atom. The summed E-state index contributed by atoms with van der Waals surface area (Å²) in [6.07, 6.45) is 7.25. The molecule has 4 aromatic carbocycles. The molecule has 0 N–H and O–H groups in total. The van der Waals surface area contributed by atoms with E-state index in [1.165, 1.54) is 44.5 Å². The molecule has 0 saturated heterocycles. The van der Waals surface area contributed by atoms with Crippen LogP contribution < -0.4 is 28.1 Å². The number of halogens is 2. The molecular weight excluding hydrogens is 679 g/mol. The van der Waals surface area contributed by atoms with E-state index < -0.39 is 21.3 Å². The fraction of sp³-hybridized carbons (Fsp3) is 0.326. The molecule has 0 amide bonds. The van der Waals surface area contributed by atoms with E-state index in [0.29, 0.717) is 0 Å². The maximum absolute atomic E-state index is 2.78. The van der Waals surface area contributed by atoms with Crippen LogP contribution in [-0.4, -0.2) is 3.21 Å². The first-order valence-corrected chi connectivity index (χ1v) is 20.0. The molecule has 4 aromatic rings. The average molecular weight is 727 g/mol. The summed E-state index contributed by atoms with van der Waals surface area (Å²) in [5.74, 6) is 0. The SMILES string of the molecule is CC(C)(C)C1=CC[C]([Zr+2](=[C](c2ccccc2)c2ccccc2)[c]2cc(C(C)(C)C)cc3c2Cc2ccc(C(C)(C)C)cc2-3)=C1.[Cl-].[Cl-]. The van der Waals surface area contributed by atoms with E-state index in [1.807, 2.05) is 0 Å². The Balaban J connectivity index is 0.00000240. The standard InChI is InChI=1S/C21H25.C13H10.C9H13.2ClH.Zr/c1-20(2,3)16-9-7-14-11-15-8-10-17(21(4,5)6)13-19(15)18(14)12-16;1-3-7-12(8-4-1)11-13-9-5-2-6-10-13;1-9(2,3)8-6-4-5-7-8;;;/h7,9-10,12-13H,11H2,1-6H3;1-10H;6-7H,4H2,1-3H3;2*1H;/q;;;;;+2/p-2. The van der Waals surface area contributed by atoms with Gasteiger partial charge in [0, 0.05) is 0 Å². The Kier molecular flexibility index (Phi) is 10.9. The van der Waals surface area contributed by atoms with Gasteiger partial charge in [0.1, 0.15) is 0 Å². The molecule has 46 heavy (non-hydrogen) atoms. The summed E-state index contributed by atoms with van der Waals surface area (Å²) in [6.45, 7) is 21.2. The molecule has 0 unspecified atom stereocenters. The topological polar surface area (TPSA) is 0 Å². The van der Waals surface area contributed by atoms with Crippen molar-refractivity contribution >= 4 is 6.48 Å². The summed E-state index contributed by atoms with van der Waals surface area (Å²) in [7, 11) is 0. The van der Waals surface area contributed by atoms with Gasteiger partial charge in [-0.1, -0.05) is 0 Å². The molecule has 0 bridgehead atoms. The van der Waals surface area contributed by atoms with Gasteiger partial charge in [0.15, 0.2) is 0 Å². The van der Waals surface area contributed by atoms with Gasteiger partial charge in [-0.05, 0) is 0 Å². The molecule has 3 heteroatoms. The van der Waals surface area contributed by atoms with Gasteiger partial charge in [0.2, 0.25) is 0 Å². The van der Waals surface area contributed by atoms with Crippen molar-refractivity contribution in [3.8, 4) is 11.1 Å². The Labute approximate surface area is 298 Å². The molecule has 0 saturated carbocycles. The van der Waals surface area contributed by atoms with Gasteiger partial charge in [-0.15, -0.1) is 0 Å². The number of rotatable bonds is 4. The maximum Gasteiger partial charge on any atom is -1.00 e. The van der Waals surface area contributed by atoms with E-state index in [2.05, 4.69) is 165 Å². The zero-order valence-corrected chi connectivity index (χ0v) is 33.0. The molecule has 0 atom stereocenters. The van der Waals surface area contributed by atoms with Crippen molar-refractivity contribution < 1.29 is 46.1 Å². The van der Waals surface area contributed by atoms with E-state index in [-0.39, 0.29) is 41.1 Å². The van der Waals surface area contributed by atoms with Crippen molar-refractivity contribution in [2.45, 2.75) is 86.0 Å². The Morgan fingerprint density at radius 1 is 0.587 bits per heavy atom. The number of benzene rings is 4. The van der Waals surface area contributed by atoms with Crippen LogP contribution in [0.5, 0.6) is 0 Å². The van der Waals surface area contributed by atoms with Gasteiger partial charge in [-0.2, -0.15) is 0 Å². The first kappa shape index (κ1) is 36.5. The van der Waals surface area contributed by atoms with E-state index in [1.54, 1.807) is 15.3 Å². The van der Waals surface area contributed by atoms with Crippen LogP contribution in [0.3, 0.4) is 0 Å². The van der Waals surface area contributed by atoms with Crippen molar-refractivity contribution in [2.75, 3.05) is 0 Å². The van der Waals surface area contributed by atoms with Crippen LogP contribution in [0, 0.1) is 5.41 Å². The monoisotopic (exact) mass is 724 g/mol. The largest absolute Gasteiger partial charge is 1.00 e. The first-order valence-electron chi connectivity index (χ1n) is 16.3. The summed E-state index contributed by atoms with van der Waals surface area (Å²) >= 11 is -2.78. The Morgan fingerprint density at radius 2 is 1.13 bits per heavy atom. The number of hydrogen-bond donors (Lipinski definition) is 0. The fourth-order valence-corrected chi connectivity index (χ4v) is 14.8. The van der Waals surface area contributed by atoms with Crippen molar-refractivity contribution in [2.24, 2.45) is 5.41 Å². The molecule has 0 spiro atoms. The Hall–Kier alpha value is -2.31. The van der Waals surface area contributed by atoms with Crippen LogP contribution >= 0.6 is 0 Å². The molecule has 2 aliphatic rings. The summed E-state index contributed by atoms with van der Waals surface area (Å²) < 4.78 is 4.96. The second kappa shape index (κ2) is 13.7. The molecule has 2 aliphatic carbocycles. The fourth-order valence-electron chi connectivity index (χ4n) is 6.75. The number of allylic oxidation sites excluding steroid dienone is 4. The minimum Gasteiger partial charge on any atom is -1.00 e. The smallest absolute Gasteiger partial charge is 1.00 e. The second-order valence-electron chi connectivity index (χ2n) is 15.9. The third-order valence-electron chi connectivity index (χ3n) is 9.45. The molecule has 6 rings (SSSR count). The van der Waals surface area contributed by atoms with Gasteiger partial charge in [-0.25, -0.2) is 0 Å². The van der Waals surface area contributed by atoms with Gasteiger partial charge >= 0.3 is 276 Å². The van der Waals surface area contributed by atoms with Gasteiger partial charge in [-0.3, -0.25) is 0 Å². The number of hydrogen-bond acceptors (Lipinski definition) is 0.